The monoisotopic (exact) mass is 298 g/mol. The molecule has 1 N–H and O–H groups in total. The van der Waals surface area contributed by atoms with E-state index in [0.29, 0.717) is 17.9 Å². The van der Waals surface area contributed by atoms with Gasteiger partial charge < -0.3 is 14.6 Å². The maximum atomic E-state index is 13.0. The Morgan fingerprint density at radius 3 is 3.05 bits per heavy atom. The van der Waals surface area contributed by atoms with Gasteiger partial charge >= 0.3 is 0 Å². The first-order valence-corrected chi connectivity index (χ1v) is 8.16. The standard InChI is InChI=1S/C18H22N2O2/c1-22-17-7-2-4-12-10-20(11-15(12)17)18(21)14-5-3-6-16-13(14)8-9-19-16/h3,5-6,8-9,12,15,17,19H,2,4,7,10-11H2,1H3/t12-,15+,17-/m1/s1. The smallest absolute Gasteiger partial charge is 0.254 e. The first-order valence-electron chi connectivity index (χ1n) is 8.16. The highest BCUT2D eigenvalue weighted by Gasteiger charge is 2.42. The Kier molecular flexibility index (Phi) is 3.41. The Hall–Kier alpha value is -1.81. The van der Waals surface area contributed by atoms with E-state index in [2.05, 4.69) is 4.98 Å². The van der Waals surface area contributed by atoms with Crippen LogP contribution < -0.4 is 0 Å². The summed E-state index contributed by atoms with van der Waals surface area (Å²) < 4.78 is 5.65. The quantitative estimate of drug-likeness (QED) is 0.926. The largest absolute Gasteiger partial charge is 0.381 e. The highest BCUT2D eigenvalue weighted by atomic mass is 16.5. The van der Waals surface area contributed by atoms with Gasteiger partial charge in [0.15, 0.2) is 0 Å². The van der Waals surface area contributed by atoms with E-state index in [-0.39, 0.29) is 5.91 Å². The molecule has 2 fully saturated rings. The van der Waals surface area contributed by atoms with Gasteiger partial charge in [0.05, 0.1) is 6.10 Å². The highest BCUT2D eigenvalue weighted by molar-refractivity contribution is 6.06. The maximum absolute atomic E-state index is 13.0. The van der Waals surface area contributed by atoms with Gasteiger partial charge in [-0.15, -0.1) is 0 Å². The number of ether oxygens (including phenoxy) is 1. The van der Waals surface area contributed by atoms with Crippen LogP contribution in [0.3, 0.4) is 0 Å². The summed E-state index contributed by atoms with van der Waals surface area (Å²) in [6, 6.07) is 7.89. The van der Waals surface area contributed by atoms with E-state index < -0.39 is 0 Å². The summed E-state index contributed by atoms with van der Waals surface area (Å²) in [6.45, 7) is 1.72. The van der Waals surface area contributed by atoms with E-state index in [1.807, 2.05) is 35.4 Å². The van der Waals surface area contributed by atoms with Crippen molar-refractivity contribution >= 4 is 16.8 Å². The second-order valence-corrected chi connectivity index (χ2v) is 6.58. The summed E-state index contributed by atoms with van der Waals surface area (Å²) in [5.41, 5.74) is 1.84. The lowest BCUT2D eigenvalue weighted by Gasteiger charge is -2.31. The third kappa shape index (κ3) is 2.13. The fraction of sp³-hybridized carbons (Fsp3) is 0.500. The molecule has 0 radical (unpaired) electrons. The molecule has 116 valence electrons. The molecule has 3 atom stereocenters. The molecule has 1 saturated heterocycles. The predicted molar refractivity (Wildman–Crippen MR) is 85.8 cm³/mol. The van der Waals surface area contributed by atoms with E-state index in [0.717, 1.165) is 36.0 Å². The molecule has 1 amide bonds. The molecule has 0 bridgehead atoms. The molecule has 1 aliphatic heterocycles. The molecular weight excluding hydrogens is 276 g/mol. The number of hydrogen-bond donors (Lipinski definition) is 1. The minimum absolute atomic E-state index is 0.162. The molecule has 0 unspecified atom stereocenters. The number of aromatic amines is 1. The highest BCUT2D eigenvalue weighted by Crippen LogP contribution is 2.38. The lowest BCUT2D eigenvalue weighted by molar-refractivity contribution is 0.0126. The summed E-state index contributed by atoms with van der Waals surface area (Å²) in [6.07, 6.45) is 5.79. The number of methoxy groups -OCH3 is 1. The first kappa shape index (κ1) is 13.8. The summed E-state index contributed by atoms with van der Waals surface area (Å²) in [5.74, 6) is 1.27. The predicted octanol–water partition coefficient (Wildman–Crippen LogP) is 3.06. The molecule has 1 saturated carbocycles. The van der Waals surface area contributed by atoms with Gasteiger partial charge in [-0.3, -0.25) is 4.79 Å². The molecule has 2 aliphatic rings. The summed E-state index contributed by atoms with van der Waals surface area (Å²) >= 11 is 0. The van der Waals surface area contributed by atoms with Crippen LogP contribution in [0.4, 0.5) is 0 Å². The van der Waals surface area contributed by atoms with Crippen molar-refractivity contribution in [3.63, 3.8) is 0 Å². The number of carbonyl (C=O) groups excluding carboxylic acids is 1. The third-order valence-corrected chi connectivity index (χ3v) is 5.45. The van der Waals surface area contributed by atoms with Gasteiger partial charge in [-0.05, 0) is 37.0 Å². The van der Waals surface area contributed by atoms with Crippen LogP contribution in [0.2, 0.25) is 0 Å². The van der Waals surface area contributed by atoms with Gasteiger partial charge in [0.2, 0.25) is 0 Å². The number of nitrogens with zero attached hydrogens (tertiary/aromatic N) is 1. The number of fused-ring (bicyclic) bond motifs is 2. The number of rotatable bonds is 2. The van der Waals surface area contributed by atoms with Crippen LogP contribution in [0.1, 0.15) is 29.6 Å². The SMILES string of the molecule is CO[C@@H]1CCC[C@@H]2CN(C(=O)c3cccc4[nH]ccc34)C[C@@H]21. The van der Waals surface area contributed by atoms with Gasteiger partial charge in [0, 0.05) is 48.8 Å². The molecule has 1 aliphatic carbocycles. The molecule has 22 heavy (non-hydrogen) atoms. The zero-order chi connectivity index (χ0) is 15.1. The zero-order valence-corrected chi connectivity index (χ0v) is 12.9. The molecule has 4 nitrogen and oxygen atoms in total. The van der Waals surface area contributed by atoms with Crippen LogP contribution in [-0.4, -0.2) is 42.1 Å². The second kappa shape index (κ2) is 5.43. The molecule has 4 rings (SSSR count). The zero-order valence-electron chi connectivity index (χ0n) is 12.9. The van der Waals surface area contributed by atoms with Crippen molar-refractivity contribution in [1.82, 2.24) is 9.88 Å². The van der Waals surface area contributed by atoms with Crippen LogP contribution in [0.25, 0.3) is 10.9 Å². The van der Waals surface area contributed by atoms with Crippen LogP contribution in [-0.2, 0) is 4.74 Å². The fourth-order valence-electron chi connectivity index (χ4n) is 4.32. The van der Waals surface area contributed by atoms with E-state index in [1.54, 1.807) is 7.11 Å². The van der Waals surface area contributed by atoms with E-state index in [4.69, 9.17) is 4.74 Å². The minimum Gasteiger partial charge on any atom is -0.381 e. The van der Waals surface area contributed by atoms with Crippen LogP contribution >= 0.6 is 0 Å². The normalized spacial score (nSPS) is 28.0. The molecular formula is C18H22N2O2. The summed E-state index contributed by atoms with van der Waals surface area (Å²) in [5, 5.41) is 1.02. The molecule has 1 aromatic heterocycles. The molecule has 4 heteroatoms. The van der Waals surface area contributed by atoms with Gasteiger partial charge in [-0.2, -0.15) is 0 Å². The fourth-order valence-corrected chi connectivity index (χ4v) is 4.32. The number of benzene rings is 1. The van der Waals surface area contributed by atoms with Crippen molar-refractivity contribution in [3.05, 3.63) is 36.0 Å². The van der Waals surface area contributed by atoms with Crippen molar-refractivity contribution in [1.29, 1.82) is 0 Å². The van der Waals surface area contributed by atoms with Crippen molar-refractivity contribution in [2.24, 2.45) is 11.8 Å². The number of aromatic nitrogens is 1. The van der Waals surface area contributed by atoms with E-state index in [1.165, 1.54) is 12.8 Å². The third-order valence-electron chi connectivity index (χ3n) is 5.45. The Labute approximate surface area is 130 Å². The number of likely N-dealkylation sites (tertiary alicyclic amines) is 1. The van der Waals surface area contributed by atoms with Crippen molar-refractivity contribution < 1.29 is 9.53 Å². The van der Waals surface area contributed by atoms with E-state index in [9.17, 15) is 4.79 Å². The average Bonchev–Trinajstić information content (AvgIpc) is 3.19. The molecule has 2 heterocycles. The Balaban J connectivity index is 1.60. The van der Waals surface area contributed by atoms with Crippen LogP contribution in [0.5, 0.6) is 0 Å². The Morgan fingerprint density at radius 2 is 2.18 bits per heavy atom. The topological polar surface area (TPSA) is 45.3 Å². The summed E-state index contributed by atoms with van der Waals surface area (Å²) in [4.78, 5) is 18.2. The minimum atomic E-state index is 0.162. The van der Waals surface area contributed by atoms with Crippen molar-refractivity contribution in [2.75, 3.05) is 20.2 Å². The van der Waals surface area contributed by atoms with Crippen molar-refractivity contribution in [3.8, 4) is 0 Å². The molecule has 0 spiro atoms. The van der Waals surface area contributed by atoms with Gasteiger partial charge in [0.25, 0.3) is 5.91 Å². The lowest BCUT2D eigenvalue weighted by Crippen LogP contribution is -2.33. The Bertz CT molecular complexity index is 693. The van der Waals surface area contributed by atoms with Gasteiger partial charge in [0.1, 0.15) is 0 Å². The maximum Gasteiger partial charge on any atom is 0.254 e. The van der Waals surface area contributed by atoms with Gasteiger partial charge in [-0.1, -0.05) is 12.5 Å². The number of H-pyrrole nitrogens is 1. The average molecular weight is 298 g/mol. The van der Waals surface area contributed by atoms with Crippen LogP contribution in [0, 0.1) is 11.8 Å². The molecule has 1 aromatic carbocycles. The first-order chi connectivity index (χ1) is 10.8. The molecule has 2 aromatic rings. The number of carbonyl (C=O) groups is 1. The second-order valence-electron chi connectivity index (χ2n) is 6.58. The van der Waals surface area contributed by atoms with Crippen LogP contribution in [0.15, 0.2) is 30.5 Å². The van der Waals surface area contributed by atoms with Crippen molar-refractivity contribution in [2.45, 2.75) is 25.4 Å². The number of nitrogens with one attached hydrogen (secondary N) is 1. The summed E-state index contributed by atoms with van der Waals surface area (Å²) in [7, 11) is 1.80. The van der Waals surface area contributed by atoms with E-state index >= 15 is 0 Å². The number of amides is 1. The van der Waals surface area contributed by atoms with Gasteiger partial charge in [-0.25, -0.2) is 0 Å². The number of hydrogen-bond acceptors (Lipinski definition) is 2. The Morgan fingerprint density at radius 1 is 1.27 bits per heavy atom. The lowest BCUT2D eigenvalue weighted by atomic mass is 9.79.